The van der Waals surface area contributed by atoms with E-state index < -0.39 is 0 Å². The van der Waals surface area contributed by atoms with Crippen molar-refractivity contribution in [1.82, 2.24) is 4.98 Å². The molecule has 0 bridgehead atoms. The van der Waals surface area contributed by atoms with Gasteiger partial charge < -0.3 is 11.1 Å². The molecule has 2 rings (SSSR count). The second-order valence-electron chi connectivity index (χ2n) is 4.52. The Morgan fingerprint density at radius 1 is 1.22 bits per heavy atom. The smallest absolute Gasteiger partial charge is 0.0651 e. The van der Waals surface area contributed by atoms with E-state index in [-0.39, 0.29) is 6.04 Å². The summed E-state index contributed by atoms with van der Waals surface area (Å²) in [7, 11) is 0. The standard InChI is InChI=1S/C15H19N3/c1-11-5-6-14(8-12(11)2)18-15(9-16)13-4-3-7-17-10-13/h3-8,10,15,18H,9,16H2,1-2H3. The van der Waals surface area contributed by atoms with Gasteiger partial charge in [0.15, 0.2) is 0 Å². The maximum absolute atomic E-state index is 5.83. The SMILES string of the molecule is Cc1ccc(NC(CN)c2cccnc2)cc1C. The first-order valence-corrected chi connectivity index (χ1v) is 6.14. The zero-order valence-corrected chi connectivity index (χ0v) is 10.9. The topological polar surface area (TPSA) is 50.9 Å². The number of aromatic nitrogens is 1. The van der Waals surface area contributed by atoms with Gasteiger partial charge in [-0.05, 0) is 48.7 Å². The van der Waals surface area contributed by atoms with Crippen LogP contribution in [0.15, 0.2) is 42.7 Å². The molecule has 0 amide bonds. The van der Waals surface area contributed by atoms with Crippen LogP contribution < -0.4 is 11.1 Å². The summed E-state index contributed by atoms with van der Waals surface area (Å²) in [5.41, 5.74) is 10.6. The van der Waals surface area contributed by atoms with Gasteiger partial charge in [0.2, 0.25) is 0 Å². The van der Waals surface area contributed by atoms with Gasteiger partial charge in [-0.25, -0.2) is 0 Å². The summed E-state index contributed by atoms with van der Waals surface area (Å²) in [6, 6.07) is 10.4. The number of anilines is 1. The highest BCUT2D eigenvalue weighted by Gasteiger charge is 2.09. The molecule has 0 aliphatic carbocycles. The van der Waals surface area contributed by atoms with Crippen molar-refractivity contribution in [2.45, 2.75) is 19.9 Å². The minimum Gasteiger partial charge on any atom is -0.377 e. The van der Waals surface area contributed by atoms with Crippen LogP contribution in [0.2, 0.25) is 0 Å². The summed E-state index contributed by atoms with van der Waals surface area (Å²) in [5.74, 6) is 0. The van der Waals surface area contributed by atoms with Crippen molar-refractivity contribution in [2.24, 2.45) is 5.73 Å². The van der Waals surface area contributed by atoms with E-state index in [0.717, 1.165) is 11.3 Å². The first-order chi connectivity index (χ1) is 8.70. The fourth-order valence-corrected chi connectivity index (χ4v) is 1.89. The Labute approximate surface area is 108 Å². The Kier molecular flexibility index (Phi) is 3.95. The second kappa shape index (κ2) is 5.65. The summed E-state index contributed by atoms with van der Waals surface area (Å²) in [5, 5.41) is 3.45. The van der Waals surface area contributed by atoms with Gasteiger partial charge in [0.25, 0.3) is 0 Å². The van der Waals surface area contributed by atoms with E-state index in [1.165, 1.54) is 11.1 Å². The molecule has 1 atom stereocenters. The lowest BCUT2D eigenvalue weighted by atomic mass is 10.1. The zero-order valence-electron chi connectivity index (χ0n) is 10.9. The average molecular weight is 241 g/mol. The lowest BCUT2D eigenvalue weighted by Crippen LogP contribution is -2.20. The Morgan fingerprint density at radius 2 is 2.06 bits per heavy atom. The molecule has 0 spiro atoms. The van der Waals surface area contributed by atoms with Gasteiger partial charge in [-0.15, -0.1) is 0 Å². The van der Waals surface area contributed by atoms with Gasteiger partial charge in [0.1, 0.15) is 0 Å². The molecule has 1 unspecified atom stereocenters. The fraction of sp³-hybridized carbons (Fsp3) is 0.267. The van der Waals surface area contributed by atoms with Crippen molar-refractivity contribution in [1.29, 1.82) is 0 Å². The molecule has 1 heterocycles. The molecule has 0 saturated heterocycles. The zero-order chi connectivity index (χ0) is 13.0. The van der Waals surface area contributed by atoms with Crippen molar-refractivity contribution < 1.29 is 0 Å². The number of hydrogen-bond acceptors (Lipinski definition) is 3. The summed E-state index contributed by atoms with van der Waals surface area (Å²) in [4.78, 5) is 4.13. The van der Waals surface area contributed by atoms with Gasteiger partial charge in [0, 0.05) is 24.6 Å². The molecule has 0 aliphatic rings. The van der Waals surface area contributed by atoms with Crippen LogP contribution in [0, 0.1) is 13.8 Å². The molecule has 0 saturated carbocycles. The first-order valence-electron chi connectivity index (χ1n) is 6.14. The summed E-state index contributed by atoms with van der Waals surface area (Å²) >= 11 is 0. The number of aryl methyl sites for hydroxylation is 2. The number of nitrogens with two attached hydrogens (primary N) is 1. The van der Waals surface area contributed by atoms with Crippen LogP contribution in [-0.4, -0.2) is 11.5 Å². The molecular weight excluding hydrogens is 222 g/mol. The van der Waals surface area contributed by atoms with E-state index in [9.17, 15) is 0 Å². The van der Waals surface area contributed by atoms with Crippen molar-refractivity contribution in [3.8, 4) is 0 Å². The summed E-state index contributed by atoms with van der Waals surface area (Å²) in [6.45, 7) is 4.77. The normalized spacial score (nSPS) is 12.2. The van der Waals surface area contributed by atoms with Gasteiger partial charge in [-0.1, -0.05) is 12.1 Å². The monoisotopic (exact) mass is 241 g/mol. The van der Waals surface area contributed by atoms with Crippen LogP contribution >= 0.6 is 0 Å². The summed E-state index contributed by atoms with van der Waals surface area (Å²) in [6.07, 6.45) is 3.62. The van der Waals surface area contributed by atoms with Crippen LogP contribution in [0.4, 0.5) is 5.69 Å². The molecular formula is C15H19N3. The molecule has 1 aromatic carbocycles. The highest BCUT2D eigenvalue weighted by atomic mass is 14.9. The van der Waals surface area contributed by atoms with E-state index in [1.54, 1.807) is 6.20 Å². The lowest BCUT2D eigenvalue weighted by Gasteiger charge is -2.19. The Hall–Kier alpha value is -1.87. The van der Waals surface area contributed by atoms with Gasteiger partial charge >= 0.3 is 0 Å². The number of hydrogen-bond donors (Lipinski definition) is 2. The number of pyridine rings is 1. The highest BCUT2D eigenvalue weighted by Crippen LogP contribution is 2.20. The van der Waals surface area contributed by atoms with E-state index in [1.807, 2.05) is 18.3 Å². The largest absolute Gasteiger partial charge is 0.377 e. The number of nitrogens with one attached hydrogen (secondary N) is 1. The lowest BCUT2D eigenvalue weighted by molar-refractivity contribution is 0.785. The number of rotatable bonds is 4. The molecule has 94 valence electrons. The molecule has 3 nitrogen and oxygen atoms in total. The van der Waals surface area contributed by atoms with E-state index in [4.69, 9.17) is 5.73 Å². The van der Waals surface area contributed by atoms with Crippen LogP contribution in [0.3, 0.4) is 0 Å². The van der Waals surface area contributed by atoms with Crippen LogP contribution in [0.1, 0.15) is 22.7 Å². The van der Waals surface area contributed by atoms with E-state index in [2.05, 4.69) is 42.3 Å². The van der Waals surface area contributed by atoms with Crippen molar-refractivity contribution >= 4 is 5.69 Å². The molecule has 1 aromatic heterocycles. The highest BCUT2D eigenvalue weighted by molar-refractivity contribution is 5.49. The third kappa shape index (κ3) is 2.87. The van der Waals surface area contributed by atoms with Crippen molar-refractivity contribution in [3.63, 3.8) is 0 Å². The molecule has 3 heteroatoms. The molecule has 0 fully saturated rings. The molecule has 18 heavy (non-hydrogen) atoms. The first kappa shape index (κ1) is 12.6. The van der Waals surface area contributed by atoms with Crippen molar-refractivity contribution in [2.75, 3.05) is 11.9 Å². The molecule has 3 N–H and O–H groups in total. The maximum atomic E-state index is 5.83. The Morgan fingerprint density at radius 3 is 2.67 bits per heavy atom. The summed E-state index contributed by atoms with van der Waals surface area (Å²) < 4.78 is 0. The van der Waals surface area contributed by atoms with Gasteiger partial charge in [0.05, 0.1) is 6.04 Å². The predicted octanol–water partition coefficient (Wildman–Crippen LogP) is 2.81. The average Bonchev–Trinajstić information content (AvgIpc) is 2.41. The fourth-order valence-electron chi connectivity index (χ4n) is 1.89. The third-order valence-electron chi connectivity index (χ3n) is 3.17. The maximum Gasteiger partial charge on any atom is 0.0651 e. The Balaban J connectivity index is 2.18. The second-order valence-corrected chi connectivity index (χ2v) is 4.52. The van der Waals surface area contributed by atoms with Crippen LogP contribution in [0.25, 0.3) is 0 Å². The third-order valence-corrected chi connectivity index (χ3v) is 3.17. The van der Waals surface area contributed by atoms with Crippen LogP contribution in [0.5, 0.6) is 0 Å². The molecule has 0 radical (unpaired) electrons. The van der Waals surface area contributed by atoms with E-state index in [0.29, 0.717) is 6.54 Å². The van der Waals surface area contributed by atoms with Gasteiger partial charge in [-0.3, -0.25) is 4.98 Å². The van der Waals surface area contributed by atoms with Gasteiger partial charge in [-0.2, -0.15) is 0 Å². The minimum absolute atomic E-state index is 0.0980. The minimum atomic E-state index is 0.0980. The number of benzene rings is 1. The van der Waals surface area contributed by atoms with Crippen LogP contribution in [-0.2, 0) is 0 Å². The number of nitrogens with zero attached hydrogens (tertiary/aromatic N) is 1. The van der Waals surface area contributed by atoms with E-state index >= 15 is 0 Å². The quantitative estimate of drug-likeness (QED) is 0.865. The predicted molar refractivity (Wildman–Crippen MR) is 75.6 cm³/mol. The van der Waals surface area contributed by atoms with Crippen molar-refractivity contribution in [3.05, 3.63) is 59.4 Å². The Bertz CT molecular complexity index is 508. The molecule has 2 aromatic rings. The molecule has 0 aliphatic heterocycles.